The molecule has 0 atom stereocenters. The first kappa shape index (κ1) is 27.8. The van der Waals surface area contributed by atoms with E-state index in [2.05, 4.69) is 43.1 Å². The molecule has 8 nitrogen and oxygen atoms in total. The van der Waals surface area contributed by atoms with E-state index in [-0.39, 0.29) is 17.3 Å². The van der Waals surface area contributed by atoms with Gasteiger partial charge in [-0.2, -0.15) is 0 Å². The van der Waals surface area contributed by atoms with Gasteiger partial charge < -0.3 is 15.0 Å². The number of hydrogen-bond donors (Lipinski definition) is 2. The third kappa shape index (κ3) is 5.99. The summed E-state index contributed by atoms with van der Waals surface area (Å²) in [6.45, 7) is 14.0. The van der Waals surface area contributed by atoms with Crippen LogP contribution in [0.1, 0.15) is 49.5 Å². The molecule has 0 aliphatic heterocycles. The number of ether oxygens (including phenoxy) is 1. The van der Waals surface area contributed by atoms with Gasteiger partial charge in [-0.15, -0.1) is 13.2 Å². The molecule has 0 aliphatic carbocycles. The molecule has 0 fully saturated rings. The van der Waals surface area contributed by atoms with E-state index in [1.54, 1.807) is 30.6 Å². The Hall–Kier alpha value is -4.40. The zero-order valence-corrected chi connectivity index (χ0v) is 21.1. The summed E-state index contributed by atoms with van der Waals surface area (Å²) in [6.07, 6.45) is 4.72. The SMILES string of the molecule is C=C.CC.COC(=O)C(=O)c1c[nH]c2nccc(Nc3nc(-c4ccc(F)cc4)ncc3C(C)C)c12. The van der Waals surface area contributed by atoms with Crippen molar-refractivity contribution in [1.29, 1.82) is 0 Å². The largest absolute Gasteiger partial charge is 0.463 e. The average molecular weight is 492 g/mol. The van der Waals surface area contributed by atoms with E-state index in [1.807, 2.05) is 27.7 Å². The van der Waals surface area contributed by atoms with Gasteiger partial charge in [-0.25, -0.2) is 24.1 Å². The van der Waals surface area contributed by atoms with Gasteiger partial charge in [0, 0.05) is 29.7 Å². The minimum absolute atomic E-state index is 0.0968. The van der Waals surface area contributed by atoms with Gasteiger partial charge in [0.05, 0.1) is 23.7 Å². The number of carbonyl (C=O) groups excluding carboxylic acids is 2. The molecule has 0 saturated heterocycles. The van der Waals surface area contributed by atoms with Crippen LogP contribution >= 0.6 is 0 Å². The van der Waals surface area contributed by atoms with E-state index in [0.29, 0.717) is 33.9 Å². The summed E-state index contributed by atoms with van der Waals surface area (Å²) in [6, 6.07) is 7.59. The molecular weight excluding hydrogens is 461 g/mol. The normalized spacial score (nSPS) is 10.1. The molecule has 3 aromatic heterocycles. The van der Waals surface area contributed by atoms with Crippen LogP contribution in [0.25, 0.3) is 22.4 Å². The number of H-pyrrole nitrogens is 1. The number of ketones is 1. The topological polar surface area (TPSA) is 110 Å². The van der Waals surface area contributed by atoms with Crippen LogP contribution in [0.2, 0.25) is 0 Å². The molecule has 3 heterocycles. The quantitative estimate of drug-likeness (QED) is 0.143. The fourth-order valence-corrected chi connectivity index (χ4v) is 3.32. The first-order valence-corrected chi connectivity index (χ1v) is 11.4. The lowest BCUT2D eigenvalue weighted by atomic mass is 10.0. The highest BCUT2D eigenvalue weighted by Crippen LogP contribution is 2.32. The monoisotopic (exact) mass is 491 g/mol. The number of carbonyl (C=O) groups is 2. The summed E-state index contributed by atoms with van der Waals surface area (Å²) in [5.41, 5.74) is 2.61. The minimum Gasteiger partial charge on any atom is -0.463 e. The first-order valence-electron chi connectivity index (χ1n) is 11.4. The minimum atomic E-state index is -0.968. The summed E-state index contributed by atoms with van der Waals surface area (Å²) >= 11 is 0. The molecule has 188 valence electrons. The second-order valence-corrected chi connectivity index (χ2v) is 7.39. The Morgan fingerprint density at radius 2 is 1.75 bits per heavy atom. The Morgan fingerprint density at radius 3 is 2.36 bits per heavy atom. The van der Waals surface area contributed by atoms with Crippen LogP contribution in [-0.2, 0) is 9.53 Å². The second kappa shape index (κ2) is 12.9. The highest BCUT2D eigenvalue weighted by atomic mass is 19.1. The molecule has 0 bridgehead atoms. The molecule has 0 unspecified atom stereocenters. The van der Waals surface area contributed by atoms with Crippen LogP contribution in [-0.4, -0.2) is 38.8 Å². The Kier molecular flexibility index (Phi) is 9.97. The highest BCUT2D eigenvalue weighted by Gasteiger charge is 2.23. The number of methoxy groups -OCH3 is 1. The number of fused-ring (bicyclic) bond motifs is 1. The number of halogens is 1. The fraction of sp³-hybridized carbons (Fsp3) is 0.222. The number of nitrogens with one attached hydrogen (secondary N) is 2. The molecular formula is C27H30FN5O3. The van der Waals surface area contributed by atoms with Gasteiger partial charge in [0.2, 0.25) is 0 Å². The maximum absolute atomic E-state index is 13.3. The second-order valence-electron chi connectivity index (χ2n) is 7.39. The van der Waals surface area contributed by atoms with E-state index >= 15 is 0 Å². The van der Waals surface area contributed by atoms with E-state index < -0.39 is 11.8 Å². The number of benzene rings is 1. The lowest BCUT2D eigenvalue weighted by Crippen LogP contribution is -2.15. The van der Waals surface area contributed by atoms with E-state index in [1.165, 1.54) is 18.3 Å². The molecule has 0 aliphatic rings. The Morgan fingerprint density at radius 1 is 1.08 bits per heavy atom. The zero-order chi connectivity index (χ0) is 26.8. The lowest BCUT2D eigenvalue weighted by molar-refractivity contribution is -0.135. The van der Waals surface area contributed by atoms with E-state index in [4.69, 9.17) is 0 Å². The van der Waals surface area contributed by atoms with Gasteiger partial charge >= 0.3 is 5.97 Å². The van der Waals surface area contributed by atoms with Crippen molar-refractivity contribution in [3.63, 3.8) is 0 Å². The third-order valence-electron chi connectivity index (χ3n) is 4.98. The van der Waals surface area contributed by atoms with Crippen LogP contribution in [0.3, 0.4) is 0 Å². The van der Waals surface area contributed by atoms with Crippen molar-refractivity contribution in [3.05, 3.63) is 79.0 Å². The maximum atomic E-state index is 13.3. The predicted molar refractivity (Wildman–Crippen MR) is 140 cm³/mol. The number of pyridine rings is 1. The van der Waals surface area contributed by atoms with Crippen molar-refractivity contribution in [3.8, 4) is 11.4 Å². The van der Waals surface area contributed by atoms with Crippen molar-refractivity contribution >= 4 is 34.3 Å². The van der Waals surface area contributed by atoms with Crippen molar-refractivity contribution in [1.82, 2.24) is 19.9 Å². The van der Waals surface area contributed by atoms with Crippen molar-refractivity contribution in [2.45, 2.75) is 33.6 Å². The molecule has 0 amide bonds. The molecule has 0 spiro atoms. The van der Waals surface area contributed by atoms with Gasteiger partial charge in [-0.3, -0.25) is 4.79 Å². The van der Waals surface area contributed by atoms with E-state index in [9.17, 15) is 14.0 Å². The van der Waals surface area contributed by atoms with Crippen molar-refractivity contribution < 1.29 is 18.7 Å². The standard InChI is InChI=1S/C23H20FN5O3.C2H6.C2H4/c1-12(2)15-10-26-20(13-4-6-14(24)7-5-13)29-21(15)28-17-8-9-25-22-18(17)16(11-27-22)19(30)23(31)32-3;2*1-2/h4-12H,1-3H3,(H2,25,26,27,28,29);1-2H3;1-2H2. The smallest absolute Gasteiger partial charge is 0.379 e. The molecule has 36 heavy (non-hydrogen) atoms. The Bertz CT molecular complexity index is 1330. The summed E-state index contributed by atoms with van der Waals surface area (Å²) < 4.78 is 17.9. The number of aromatic amines is 1. The van der Waals surface area contributed by atoms with Gasteiger partial charge in [0.1, 0.15) is 17.3 Å². The summed E-state index contributed by atoms with van der Waals surface area (Å²) in [4.78, 5) is 40.5. The van der Waals surface area contributed by atoms with Gasteiger partial charge in [0.15, 0.2) is 5.82 Å². The number of esters is 1. The van der Waals surface area contributed by atoms with Gasteiger partial charge in [0.25, 0.3) is 5.78 Å². The van der Waals surface area contributed by atoms with Crippen LogP contribution in [0.4, 0.5) is 15.9 Å². The lowest BCUT2D eigenvalue weighted by Gasteiger charge is -2.15. The van der Waals surface area contributed by atoms with E-state index in [0.717, 1.165) is 12.7 Å². The molecule has 9 heteroatoms. The summed E-state index contributed by atoms with van der Waals surface area (Å²) in [5, 5.41) is 3.71. The Balaban J connectivity index is 0.00000109. The number of aromatic nitrogens is 4. The Labute approximate surface area is 209 Å². The maximum Gasteiger partial charge on any atom is 0.379 e. The molecule has 1 aromatic carbocycles. The first-order chi connectivity index (χ1) is 17.4. The molecule has 4 rings (SSSR count). The molecule has 2 N–H and O–H groups in total. The average Bonchev–Trinajstić information content (AvgIpc) is 3.35. The number of Topliss-reactive ketones (excluding diaryl/α,β-unsaturated/α-hetero) is 1. The van der Waals surface area contributed by atoms with Crippen LogP contribution in [0.15, 0.2) is 62.1 Å². The van der Waals surface area contributed by atoms with Crippen molar-refractivity contribution in [2.75, 3.05) is 12.4 Å². The van der Waals surface area contributed by atoms with Crippen LogP contribution in [0, 0.1) is 5.82 Å². The van der Waals surface area contributed by atoms with Gasteiger partial charge in [-0.05, 0) is 36.2 Å². The highest BCUT2D eigenvalue weighted by molar-refractivity contribution is 6.43. The number of rotatable bonds is 6. The van der Waals surface area contributed by atoms with Crippen LogP contribution < -0.4 is 5.32 Å². The molecule has 0 saturated carbocycles. The number of anilines is 2. The summed E-state index contributed by atoms with van der Waals surface area (Å²) in [5.74, 6) is -1.06. The summed E-state index contributed by atoms with van der Waals surface area (Å²) in [7, 11) is 1.15. The predicted octanol–water partition coefficient (Wildman–Crippen LogP) is 6.21. The van der Waals surface area contributed by atoms with Crippen LogP contribution in [0.5, 0.6) is 0 Å². The third-order valence-corrected chi connectivity index (χ3v) is 4.98. The molecule has 4 aromatic rings. The fourth-order valence-electron chi connectivity index (χ4n) is 3.32. The number of nitrogens with zero attached hydrogens (tertiary/aromatic N) is 3. The van der Waals surface area contributed by atoms with Gasteiger partial charge in [-0.1, -0.05) is 27.7 Å². The molecule has 0 radical (unpaired) electrons. The number of hydrogen-bond acceptors (Lipinski definition) is 7. The van der Waals surface area contributed by atoms with Crippen molar-refractivity contribution in [2.24, 2.45) is 0 Å². The zero-order valence-electron chi connectivity index (χ0n) is 21.1.